The van der Waals surface area contributed by atoms with E-state index in [1.54, 1.807) is 12.4 Å². The van der Waals surface area contributed by atoms with E-state index in [4.69, 9.17) is 4.74 Å². The Morgan fingerprint density at radius 3 is 3.08 bits per heavy atom. The quantitative estimate of drug-likeness (QED) is 0.679. The monoisotopic (exact) mass is 334 g/mol. The summed E-state index contributed by atoms with van der Waals surface area (Å²) in [4.78, 5) is 30.1. The van der Waals surface area contributed by atoms with Crippen molar-refractivity contribution in [3.63, 3.8) is 0 Å². The molecule has 7 nitrogen and oxygen atoms in total. The number of rotatable bonds is 8. The van der Waals surface area contributed by atoms with Gasteiger partial charge in [0, 0.05) is 31.9 Å². The molecule has 1 aromatic rings. The zero-order valence-electron chi connectivity index (χ0n) is 14.3. The lowest BCUT2D eigenvalue weighted by atomic mass is 10.1. The predicted molar refractivity (Wildman–Crippen MR) is 90.6 cm³/mol. The lowest BCUT2D eigenvalue weighted by Gasteiger charge is -2.37. The molecule has 2 rings (SSSR count). The molecule has 1 aliphatic rings. The number of pyridine rings is 1. The smallest absolute Gasteiger partial charge is 0.237 e. The first-order valence-corrected chi connectivity index (χ1v) is 8.41. The van der Waals surface area contributed by atoms with E-state index in [1.807, 2.05) is 26.0 Å². The number of hydrogen-bond donors (Lipinski definition) is 2. The minimum Gasteiger partial charge on any atom is -0.492 e. The van der Waals surface area contributed by atoms with Crippen LogP contribution in [-0.4, -0.2) is 60.0 Å². The van der Waals surface area contributed by atoms with Crippen molar-refractivity contribution in [2.45, 2.75) is 38.8 Å². The van der Waals surface area contributed by atoms with Crippen molar-refractivity contribution < 1.29 is 14.3 Å². The van der Waals surface area contributed by atoms with Crippen molar-refractivity contribution in [2.24, 2.45) is 0 Å². The second-order valence-corrected chi connectivity index (χ2v) is 6.08. The van der Waals surface area contributed by atoms with E-state index in [9.17, 15) is 9.59 Å². The Kier molecular flexibility index (Phi) is 6.99. The molecule has 0 aromatic carbocycles. The molecular weight excluding hydrogens is 308 g/mol. The maximum Gasteiger partial charge on any atom is 0.237 e. The number of aromatic nitrogens is 1. The molecule has 0 spiro atoms. The van der Waals surface area contributed by atoms with E-state index in [0.717, 1.165) is 12.3 Å². The van der Waals surface area contributed by atoms with Crippen LogP contribution in [0.3, 0.4) is 0 Å². The van der Waals surface area contributed by atoms with Crippen LogP contribution >= 0.6 is 0 Å². The number of nitrogens with one attached hydrogen (secondary N) is 2. The van der Waals surface area contributed by atoms with Gasteiger partial charge in [0.15, 0.2) is 0 Å². The molecule has 1 saturated heterocycles. The van der Waals surface area contributed by atoms with Gasteiger partial charge in [-0.05, 0) is 32.4 Å². The van der Waals surface area contributed by atoms with E-state index in [-0.39, 0.29) is 30.3 Å². The Labute approximate surface area is 142 Å². The van der Waals surface area contributed by atoms with Crippen LogP contribution in [0, 0.1) is 0 Å². The van der Waals surface area contributed by atoms with Crippen molar-refractivity contribution in [3.05, 3.63) is 24.5 Å². The number of carbonyl (C=O) groups is 2. The summed E-state index contributed by atoms with van der Waals surface area (Å²) in [5.41, 5.74) is 0. The third-order valence-electron chi connectivity index (χ3n) is 3.96. The fraction of sp³-hybridized carbons (Fsp3) is 0.588. The predicted octanol–water partition coefficient (Wildman–Crippen LogP) is 0.566. The standard InChI is InChI=1S/C17H26N4O3/c1-13(2)21-9-8-20-17(23)15(21)11-16(22)19-7-4-10-24-14-5-3-6-18-12-14/h3,5-6,12-13,15H,4,7-11H2,1-2H3,(H,19,22)(H,20,23). The highest BCUT2D eigenvalue weighted by Gasteiger charge is 2.32. The molecule has 7 heteroatoms. The van der Waals surface area contributed by atoms with Gasteiger partial charge in [-0.2, -0.15) is 0 Å². The minimum absolute atomic E-state index is 0.0648. The molecule has 1 aliphatic heterocycles. The van der Waals surface area contributed by atoms with Gasteiger partial charge < -0.3 is 15.4 Å². The van der Waals surface area contributed by atoms with Crippen LogP contribution in [0.2, 0.25) is 0 Å². The molecule has 24 heavy (non-hydrogen) atoms. The van der Waals surface area contributed by atoms with E-state index in [0.29, 0.717) is 26.1 Å². The average Bonchev–Trinajstić information content (AvgIpc) is 2.57. The van der Waals surface area contributed by atoms with E-state index >= 15 is 0 Å². The summed E-state index contributed by atoms with van der Waals surface area (Å²) in [5, 5.41) is 5.69. The van der Waals surface area contributed by atoms with Crippen LogP contribution in [0.1, 0.15) is 26.7 Å². The van der Waals surface area contributed by atoms with Crippen LogP contribution in [0.15, 0.2) is 24.5 Å². The zero-order chi connectivity index (χ0) is 17.4. The first-order chi connectivity index (χ1) is 11.6. The van der Waals surface area contributed by atoms with E-state index in [1.165, 1.54) is 0 Å². The molecule has 1 fully saturated rings. The second kappa shape index (κ2) is 9.22. The molecule has 132 valence electrons. The van der Waals surface area contributed by atoms with Gasteiger partial charge in [-0.25, -0.2) is 0 Å². The Hall–Kier alpha value is -2.15. The molecule has 2 amide bonds. The van der Waals surface area contributed by atoms with Gasteiger partial charge >= 0.3 is 0 Å². The first kappa shape index (κ1) is 18.2. The lowest BCUT2D eigenvalue weighted by molar-refractivity contribution is -0.134. The largest absolute Gasteiger partial charge is 0.492 e. The second-order valence-electron chi connectivity index (χ2n) is 6.08. The van der Waals surface area contributed by atoms with E-state index in [2.05, 4.69) is 20.5 Å². The summed E-state index contributed by atoms with van der Waals surface area (Å²) in [7, 11) is 0. The fourth-order valence-electron chi connectivity index (χ4n) is 2.73. The van der Waals surface area contributed by atoms with Gasteiger partial charge in [0.1, 0.15) is 5.75 Å². The lowest BCUT2D eigenvalue weighted by Crippen LogP contribution is -2.58. The summed E-state index contributed by atoms with van der Waals surface area (Å²) in [5.74, 6) is 0.546. The van der Waals surface area contributed by atoms with Crippen LogP contribution in [0.5, 0.6) is 5.75 Å². The third kappa shape index (κ3) is 5.49. The molecule has 0 saturated carbocycles. The van der Waals surface area contributed by atoms with Gasteiger partial charge in [-0.1, -0.05) is 0 Å². The first-order valence-electron chi connectivity index (χ1n) is 8.41. The summed E-state index contributed by atoms with van der Waals surface area (Å²) in [6.45, 7) is 6.53. The number of amides is 2. The Morgan fingerprint density at radius 1 is 1.54 bits per heavy atom. The summed E-state index contributed by atoms with van der Waals surface area (Å²) >= 11 is 0. The van der Waals surface area contributed by atoms with Gasteiger partial charge in [-0.3, -0.25) is 19.5 Å². The highest BCUT2D eigenvalue weighted by atomic mass is 16.5. The minimum atomic E-state index is -0.384. The zero-order valence-corrected chi connectivity index (χ0v) is 14.3. The van der Waals surface area contributed by atoms with Crippen molar-refractivity contribution in [1.82, 2.24) is 20.5 Å². The van der Waals surface area contributed by atoms with Crippen molar-refractivity contribution in [2.75, 3.05) is 26.2 Å². The topological polar surface area (TPSA) is 83.6 Å². The van der Waals surface area contributed by atoms with Crippen molar-refractivity contribution >= 4 is 11.8 Å². The SMILES string of the molecule is CC(C)N1CCNC(=O)C1CC(=O)NCCCOc1cccnc1. The van der Waals surface area contributed by atoms with Gasteiger partial charge in [0.2, 0.25) is 11.8 Å². The molecule has 1 aromatic heterocycles. The molecule has 0 radical (unpaired) electrons. The van der Waals surface area contributed by atoms with Crippen LogP contribution in [0.25, 0.3) is 0 Å². The number of hydrogen-bond acceptors (Lipinski definition) is 5. The third-order valence-corrected chi connectivity index (χ3v) is 3.96. The Bertz CT molecular complexity index is 536. The summed E-state index contributed by atoms with van der Waals surface area (Å²) < 4.78 is 5.52. The van der Waals surface area contributed by atoms with E-state index < -0.39 is 0 Å². The number of ether oxygens (including phenoxy) is 1. The normalized spacial score (nSPS) is 18.3. The van der Waals surface area contributed by atoms with Crippen LogP contribution in [-0.2, 0) is 9.59 Å². The highest BCUT2D eigenvalue weighted by Crippen LogP contribution is 2.12. The molecule has 0 aliphatic carbocycles. The molecule has 2 N–H and O–H groups in total. The number of piperazine rings is 1. The molecule has 1 atom stereocenters. The Morgan fingerprint density at radius 2 is 2.38 bits per heavy atom. The Balaban J connectivity index is 1.67. The fourth-order valence-corrected chi connectivity index (χ4v) is 2.73. The van der Waals surface area contributed by atoms with Gasteiger partial charge in [0.05, 0.1) is 25.3 Å². The summed E-state index contributed by atoms with van der Waals surface area (Å²) in [6.07, 6.45) is 4.23. The molecule has 1 unspecified atom stereocenters. The van der Waals surface area contributed by atoms with Gasteiger partial charge in [-0.15, -0.1) is 0 Å². The molecule has 0 bridgehead atoms. The van der Waals surface area contributed by atoms with Gasteiger partial charge in [0.25, 0.3) is 0 Å². The molecule has 2 heterocycles. The number of carbonyl (C=O) groups excluding carboxylic acids is 2. The number of nitrogens with zero attached hydrogens (tertiary/aromatic N) is 2. The average molecular weight is 334 g/mol. The van der Waals surface area contributed by atoms with Crippen molar-refractivity contribution in [1.29, 1.82) is 0 Å². The maximum absolute atomic E-state index is 12.1. The molecular formula is C17H26N4O3. The van der Waals surface area contributed by atoms with Crippen LogP contribution in [0.4, 0.5) is 0 Å². The maximum atomic E-state index is 12.1. The van der Waals surface area contributed by atoms with Crippen molar-refractivity contribution in [3.8, 4) is 5.75 Å². The highest BCUT2D eigenvalue weighted by molar-refractivity contribution is 5.88. The van der Waals surface area contributed by atoms with Crippen LogP contribution < -0.4 is 15.4 Å². The summed E-state index contributed by atoms with van der Waals surface area (Å²) in [6, 6.07) is 3.51.